The number of halogens is 1. The maximum Gasteiger partial charge on any atom is 0.101 e. The first-order valence-electron chi connectivity index (χ1n) is 7.29. The van der Waals surface area contributed by atoms with Crippen LogP contribution in [0.2, 0.25) is 5.02 Å². The monoisotopic (exact) mass is 293 g/mol. The summed E-state index contributed by atoms with van der Waals surface area (Å²) in [6.45, 7) is 9.88. The summed E-state index contributed by atoms with van der Waals surface area (Å²) in [5, 5.41) is 13.1. The molecule has 0 bridgehead atoms. The third-order valence-electron chi connectivity index (χ3n) is 3.51. The van der Waals surface area contributed by atoms with E-state index in [9.17, 15) is 0 Å². The van der Waals surface area contributed by atoms with Gasteiger partial charge < -0.3 is 10.2 Å². The topological polar surface area (TPSA) is 39.1 Å². The quantitative estimate of drug-likeness (QED) is 0.783. The van der Waals surface area contributed by atoms with Crippen LogP contribution in [-0.2, 0) is 0 Å². The summed E-state index contributed by atoms with van der Waals surface area (Å²) in [6.07, 6.45) is 2.25. The Morgan fingerprint density at radius 1 is 1.35 bits per heavy atom. The fourth-order valence-electron chi connectivity index (χ4n) is 2.23. The van der Waals surface area contributed by atoms with Gasteiger partial charge in [-0.05, 0) is 57.6 Å². The molecule has 0 aromatic heterocycles. The first kappa shape index (κ1) is 16.8. The van der Waals surface area contributed by atoms with Gasteiger partial charge in [0.05, 0.1) is 11.3 Å². The van der Waals surface area contributed by atoms with Crippen molar-refractivity contribution in [2.75, 3.05) is 25.0 Å². The Kier molecular flexibility index (Phi) is 7.43. The van der Waals surface area contributed by atoms with Gasteiger partial charge in [-0.1, -0.05) is 25.4 Å². The van der Waals surface area contributed by atoms with Gasteiger partial charge in [0.2, 0.25) is 0 Å². The lowest BCUT2D eigenvalue weighted by molar-refractivity contribution is 0.295. The Labute approximate surface area is 127 Å². The Hall–Kier alpha value is -1.24. The van der Waals surface area contributed by atoms with Crippen molar-refractivity contribution in [3.05, 3.63) is 28.8 Å². The number of nitriles is 1. The summed E-state index contributed by atoms with van der Waals surface area (Å²) in [5.41, 5.74) is 1.47. The summed E-state index contributed by atoms with van der Waals surface area (Å²) >= 11 is 5.90. The van der Waals surface area contributed by atoms with Gasteiger partial charge in [0.25, 0.3) is 0 Å². The average Bonchev–Trinajstić information content (AvgIpc) is 2.45. The lowest BCUT2D eigenvalue weighted by Gasteiger charge is -2.20. The second-order valence-corrected chi connectivity index (χ2v) is 5.45. The maximum absolute atomic E-state index is 9.11. The van der Waals surface area contributed by atoms with Crippen molar-refractivity contribution in [2.24, 2.45) is 0 Å². The number of hydrogen-bond acceptors (Lipinski definition) is 3. The van der Waals surface area contributed by atoms with E-state index < -0.39 is 0 Å². The van der Waals surface area contributed by atoms with Crippen LogP contribution in [0.4, 0.5) is 5.69 Å². The summed E-state index contributed by atoms with van der Waals surface area (Å²) in [6, 6.07) is 7.92. The molecule has 0 heterocycles. The molecule has 1 aromatic rings. The van der Waals surface area contributed by atoms with Crippen molar-refractivity contribution in [1.82, 2.24) is 4.90 Å². The van der Waals surface area contributed by atoms with E-state index in [1.165, 1.54) is 0 Å². The standard InChI is InChI=1S/C16H24ClN3/c1-4-20(5-2)10-6-7-13(3)19-16-9-8-15(17)11-14(16)12-18/h8-9,11,13,19H,4-7,10H2,1-3H3. The molecule has 0 radical (unpaired) electrons. The predicted octanol–water partition coefficient (Wildman–Crippen LogP) is 4.13. The Morgan fingerprint density at radius 3 is 2.65 bits per heavy atom. The molecule has 0 amide bonds. The molecule has 110 valence electrons. The van der Waals surface area contributed by atoms with E-state index in [1.54, 1.807) is 6.07 Å². The minimum atomic E-state index is 0.346. The summed E-state index contributed by atoms with van der Waals surface area (Å²) in [4.78, 5) is 2.43. The van der Waals surface area contributed by atoms with Gasteiger partial charge in [-0.15, -0.1) is 0 Å². The minimum absolute atomic E-state index is 0.346. The largest absolute Gasteiger partial charge is 0.382 e. The molecule has 0 fully saturated rings. The van der Waals surface area contributed by atoms with Crippen LogP contribution in [0.25, 0.3) is 0 Å². The smallest absolute Gasteiger partial charge is 0.101 e. The average molecular weight is 294 g/mol. The van der Waals surface area contributed by atoms with Gasteiger partial charge in [0.15, 0.2) is 0 Å². The van der Waals surface area contributed by atoms with E-state index in [1.807, 2.05) is 12.1 Å². The van der Waals surface area contributed by atoms with Crippen molar-refractivity contribution < 1.29 is 0 Å². The molecule has 4 heteroatoms. The molecule has 0 saturated carbocycles. The molecule has 20 heavy (non-hydrogen) atoms. The van der Waals surface area contributed by atoms with Crippen molar-refractivity contribution in [2.45, 2.75) is 39.7 Å². The molecule has 0 spiro atoms. The third-order valence-corrected chi connectivity index (χ3v) is 3.74. The minimum Gasteiger partial charge on any atom is -0.382 e. The van der Waals surface area contributed by atoms with Crippen LogP contribution in [0.15, 0.2) is 18.2 Å². The maximum atomic E-state index is 9.11. The lowest BCUT2D eigenvalue weighted by atomic mass is 10.1. The Bertz CT molecular complexity index is 450. The second-order valence-electron chi connectivity index (χ2n) is 5.02. The molecule has 1 atom stereocenters. The molecule has 1 rings (SSSR count). The zero-order chi connectivity index (χ0) is 15.0. The highest BCUT2D eigenvalue weighted by Crippen LogP contribution is 2.21. The van der Waals surface area contributed by atoms with E-state index in [0.29, 0.717) is 16.6 Å². The Morgan fingerprint density at radius 2 is 2.05 bits per heavy atom. The number of anilines is 1. The second kappa shape index (κ2) is 8.84. The van der Waals surface area contributed by atoms with Crippen LogP contribution in [0, 0.1) is 11.3 Å². The number of nitrogens with one attached hydrogen (secondary N) is 1. The number of hydrogen-bond donors (Lipinski definition) is 1. The van der Waals surface area contributed by atoms with Crippen LogP contribution < -0.4 is 5.32 Å². The highest BCUT2D eigenvalue weighted by Gasteiger charge is 2.08. The van der Waals surface area contributed by atoms with E-state index in [-0.39, 0.29) is 0 Å². The molecule has 1 aromatic carbocycles. The van der Waals surface area contributed by atoms with Crippen LogP contribution in [-0.4, -0.2) is 30.6 Å². The van der Waals surface area contributed by atoms with E-state index >= 15 is 0 Å². The Balaban J connectivity index is 2.47. The highest BCUT2D eigenvalue weighted by molar-refractivity contribution is 6.30. The van der Waals surface area contributed by atoms with Gasteiger partial charge in [-0.3, -0.25) is 0 Å². The fraction of sp³-hybridized carbons (Fsp3) is 0.562. The van der Waals surface area contributed by atoms with Gasteiger partial charge in [0.1, 0.15) is 6.07 Å². The summed E-state index contributed by atoms with van der Waals surface area (Å²) in [5.74, 6) is 0. The zero-order valence-corrected chi connectivity index (χ0v) is 13.4. The SMILES string of the molecule is CCN(CC)CCCC(C)Nc1ccc(Cl)cc1C#N. The highest BCUT2D eigenvalue weighted by atomic mass is 35.5. The lowest BCUT2D eigenvalue weighted by Crippen LogP contribution is -2.25. The van der Waals surface area contributed by atoms with E-state index in [2.05, 4.69) is 37.1 Å². The number of benzene rings is 1. The molecule has 1 N–H and O–H groups in total. The molecule has 0 saturated heterocycles. The fourth-order valence-corrected chi connectivity index (χ4v) is 2.41. The first-order chi connectivity index (χ1) is 9.60. The molecule has 3 nitrogen and oxygen atoms in total. The molecule has 1 unspecified atom stereocenters. The van der Waals surface area contributed by atoms with Crippen molar-refractivity contribution in [3.8, 4) is 6.07 Å². The summed E-state index contributed by atoms with van der Waals surface area (Å²) < 4.78 is 0. The van der Waals surface area contributed by atoms with Gasteiger partial charge in [0, 0.05) is 11.1 Å². The molecule has 0 aliphatic carbocycles. The van der Waals surface area contributed by atoms with Crippen LogP contribution >= 0.6 is 11.6 Å². The third kappa shape index (κ3) is 5.40. The van der Waals surface area contributed by atoms with Gasteiger partial charge in [-0.2, -0.15) is 5.26 Å². The predicted molar refractivity (Wildman–Crippen MR) is 86.3 cm³/mol. The van der Waals surface area contributed by atoms with Gasteiger partial charge in [-0.25, -0.2) is 0 Å². The van der Waals surface area contributed by atoms with Crippen molar-refractivity contribution in [3.63, 3.8) is 0 Å². The zero-order valence-electron chi connectivity index (χ0n) is 12.6. The number of rotatable bonds is 8. The van der Waals surface area contributed by atoms with Crippen molar-refractivity contribution >= 4 is 17.3 Å². The molecule has 0 aliphatic rings. The molecule has 0 aliphatic heterocycles. The van der Waals surface area contributed by atoms with Crippen molar-refractivity contribution in [1.29, 1.82) is 5.26 Å². The van der Waals surface area contributed by atoms with Gasteiger partial charge >= 0.3 is 0 Å². The van der Waals surface area contributed by atoms with E-state index in [4.69, 9.17) is 16.9 Å². The number of nitrogens with zero attached hydrogens (tertiary/aromatic N) is 2. The molecular formula is C16H24ClN3. The van der Waals surface area contributed by atoms with Crippen LogP contribution in [0.3, 0.4) is 0 Å². The molecular weight excluding hydrogens is 270 g/mol. The first-order valence-corrected chi connectivity index (χ1v) is 7.67. The van der Waals surface area contributed by atoms with E-state index in [0.717, 1.165) is 38.2 Å². The van der Waals surface area contributed by atoms with Crippen LogP contribution in [0.5, 0.6) is 0 Å². The van der Waals surface area contributed by atoms with Crippen LogP contribution in [0.1, 0.15) is 39.2 Å². The normalized spacial score (nSPS) is 12.2. The summed E-state index contributed by atoms with van der Waals surface area (Å²) in [7, 11) is 0.